The number of benzene rings is 2. The Morgan fingerprint density at radius 2 is 1.70 bits per heavy atom. The van der Waals surface area contributed by atoms with Crippen molar-refractivity contribution in [1.82, 2.24) is 9.29 Å². The molecule has 1 aliphatic rings. The number of hydrogen-bond donors (Lipinski definition) is 1. The fourth-order valence-electron chi connectivity index (χ4n) is 3.46. The zero-order valence-corrected chi connectivity index (χ0v) is 19.4. The molecule has 0 spiro atoms. The van der Waals surface area contributed by atoms with Gasteiger partial charge in [0.2, 0.25) is 10.0 Å². The minimum atomic E-state index is -3.57. The topological polar surface area (TPSA) is 106 Å². The molecule has 4 rings (SSSR count). The van der Waals surface area contributed by atoms with Gasteiger partial charge in [0.15, 0.2) is 11.7 Å². The highest BCUT2D eigenvalue weighted by atomic mass is 32.2. The first-order valence-electron chi connectivity index (χ1n) is 10.5. The summed E-state index contributed by atoms with van der Waals surface area (Å²) in [6.45, 7) is 0.535. The van der Waals surface area contributed by atoms with Crippen LogP contribution in [0.15, 0.2) is 64.9 Å². The van der Waals surface area contributed by atoms with Gasteiger partial charge in [-0.1, -0.05) is 36.8 Å². The maximum Gasteiger partial charge on any atom is 0.338 e. The maximum atomic E-state index is 12.7. The summed E-state index contributed by atoms with van der Waals surface area (Å²) in [5, 5.41) is 4.85. The third-order valence-electron chi connectivity index (χ3n) is 5.20. The van der Waals surface area contributed by atoms with E-state index in [1.807, 2.05) is 35.7 Å². The SMILES string of the molecule is O=C(COC(=O)c1ccc(S(=O)(=O)N2CCCCC2)cc1)Nc1nc(-c2ccccc2)cs1. The van der Waals surface area contributed by atoms with Crippen LogP contribution in [0.25, 0.3) is 11.3 Å². The quantitative estimate of drug-likeness (QED) is 0.511. The average Bonchev–Trinajstić information content (AvgIpc) is 3.32. The number of rotatable bonds is 7. The molecule has 8 nitrogen and oxygen atoms in total. The lowest BCUT2D eigenvalue weighted by atomic mass is 10.2. The van der Waals surface area contributed by atoms with Crippen LogP contribution < -0.4 is 5.32 Å². The molecule has 0 unspecified atom stereocenters. The van der Waals surface area contributed by atoms with Crippen molar-refractivity contribution >= 4 is 38.4 Å². The number of nitrogens with one attached hydrogen (secondary N) is 1. The van der Waals surface area contributed by atoms with Gasteiger partial charge in [-0.15, -0.1) is 11.3 Å². The summed E-state index contributed by atoms with van der Waals surface area (Å²) in [6, 6.07) is 15.1. The standard InChI is InChI=1S/C23H23N3O5S2/c27-21(25-23-24-20(16-32-23)17-7-3-1-4-8-17)15-31-22(28)18-9-11-19(12-10-18)33(29,30)26-13-5-2-6-14-26/h1,3-4,7-12,16H,2,5-6,13-15H2,(H,24,25,27). The highest BCUT2D eigenvalue weighted by Gasteiger charge is 2.26. The summed E-state index contributed by atoms with van der Waals surface area (Å²) in [5.74, 6) is -1.22. The molecule has 2 heterocycles. The van der Waals surface area contributed by atoms with Crippen LogP contribution in [-0.2, 0) is 19.6 Å². The lowest BCUT2D eigenvalue weighted by Gasteiger charge is -2.25. The van der Waals surface area contributed by atoms with Gasteiger partial charge >= 0.3 is 5.97 Å². The summed E-state index contributed by atoms with van der Waals surface area (Å²) >= 11 is 1.27. The second kappa shape index (κ2) is 10.2. The normalized spacial score (nSPS) is 14.5. The van der Waals surface area contributed by atoms with Crippen LogP contribution in [0.5, 0.6) is 0 Å². The first-order chi connectivity index (χ1) is 15.9. The molecule has 3 aromatic rings. The van der Waals surface area contributed by atoms with E-state index in [2.05, 4.69) is 10.3 Å². The second-order valence-electron chi connectivity index (χ2n) is 7.52. The van der Waals surface area contributed by atoms with E-state index < -0.39 is 28.5 Å². The molecule has 2 aromatic carbocycles. The second-order valence-corrected chi connectivity index (χ2v) is 10.3. The minimum Gasteiger partial charge on any atom is -0.452 e. The molecule has 172 valence electrons. The molecule has 0 atom stereocenters. The summed E-state index contributed by atoms with van der Waals surface area (Å²) < 4.78 is 31.9. The lowest BCUT2D eigenvalue weighted by Crippen LogP contribution is -2.35. The van der Waals surface area contributed by atoms with Crippen LogP contribution in [-0.4, -0.2) is 49.3 Å². The largest absolute Gasteiger partial charge is 0.452 e. The van der Waals surface area contributed by atoms with Crippen molar-refractivity contribution in [3.05, 3.63) is 65.5 Å². The molecule has 0 radical (unpaired) electrons. The predicted octanol–water partition coefficient (Wildman–Crippen LogP) is 3.78. The Kier molecular flexibility index (Phi) is 7.17. The minimum absolute atomic E-state index is 0.136. The Bertz CT molecular complexity index is 1220. The van der Waals surface area contributed by atoms with Gasteiger partial charge in [0.25, 0.3) is 5.91 Å². The number of amides is 1. The molecule has 1 N–H and O–H groups in total. The maximum absolute atomic E-state index is 12.7. The summed E-state index contributed by atoms with van der Waals surface area (Å²) in [4.78, 5) is 28.9. The monoisotopic (exact) mass is 485 g/mol. The van der Waals surface area contributed by atoms with Gasteiger partial charge in [-0.3, -0.25) is 10.1 Å². The number of piperidine rings is 1. The molecule has 0 saturated carbocycles. The number of hydrogen-bond acceptors (Lipinski definition) is 7. The van der Waals surface area contributed by atoms with Gasteiger partial charge in [-0.05, 0) is 37.1 Å². The molecule has 10 heteroatoms. The average molecular weight is 486 g/mol. The number of aromatic nitrogens is 1. The number of nitrogens with zero attached hydrogens (tertiary/aromatic N) is 2. The Morgan fingerprint density at radius 1 is 1.00 bits per heavy atom. The van der Waals surface area contributed by atoms with Gasteiger partial charge < -0.3 is 4.74 Å². The van der Waals surface area contributed by atoms with Crippen LogP contribution in [0.4, 0.5) is 5.13 Å². The molecular weight excluding hydrogens is 462 g/mol. The first-order valence-corrected chi connectivity index (χ1v) is 12.8. The summed E-state index contributed by atoms with van der Waals surface area (Å²) in [7, 11) is -3.57. The summed E-state index contributed by atoms with van der Waals surface area (Å²) in [5.41, 5.74) is 1.85. The van der Waals surface area contributed by atoms with Crippen LogP contribution in [0, 0.1) is 0 Å². The Morgan fingerprint density at radius 3 is 2.39 bits per heavy atom. The molecule has 1 aromatic heterocycles. The van der Waals surface area contributed by atoms with Crippen LogP contribution in [0.3, 0.4) is 0 Å². The lowest BCUT2D eigenvalue weighted by molar-refractivity contribution is -0.119. The number of sulfonamides is 1. The van der Waals surface area contributed by atoms with Gasteiger partial charge in [0, 0.05) is 24.0 Å². The molecule has 1 saturated heterocycles. The number of carbonyl (C=O) groups excluding carboxylic acids is 2. The van der Waals surface area contributed by atoms with Gasteiger partial charge in [-0.25, -0.2) is 18.2 Å². The van der Waals surface area contributed by atoms with E-state index in [-0.39, 0.29) is 10.5 Å². The molecule has 1 aliphatic heterocycles. The van der Waals surface area contributed by atoms with Gasteiger partial charge in [-0.2, -0.15) is 4.31 Å². The molecule has 1 fully saturated rings. The van der Waals surface area contributed by atoms with Crippen LogP contribution >= 0.6 is 11.3 Å². The predicted molar refractivity (Wildman–Crippen MR) is 126 cm³/mol. The van der Waals surface area contributed by atoms with Crippen molar-refractivity contribution in [1.29, 1.82) is 0 Å². The molecule has 33 heavy (non-hydrogen) atoms. The number of thiazole rings is 1. The van der Waals surface area contributed by atoms with Crippen LogP contribution in [0.1, 0.15) is 29.6 Å². The van der Waals surface area contributed by atoms with Crippen molar-refractivity contribution in [3.63, 3.8) is 0 Å². The van der Waals surface area contributed by atoms with E-state index in [1.54, 1.807) is 0 Å². The van der Waals surface area contributed by atoms with Crippen molar-refractivity contribution in [2.45, 2.75) is 24.2 Å². The summed E-state index contributed by atoms with van der Waals surface area (Å²) in [6.07, 6.45) is 2.72. The number of ether oxygens (including phenoxy) is 1. The Balaban J connectivity index is 1.30. The fraction of sp³-hybridized carbons (Fsp3) is 0.261. The zero-order chi connectivity index (χ0) is 23.3. The Hall–Kier alpha value is -3.08. The third-order valence-corrected chi connectivity index (χ3v) is 7.87. The zero-order valence-electron chi connectivity index (χ0n) is 17.8. The van der Waals surface area contributed by atoms with E-state index in [1.165, 1.54) is 39.9 Å². The van der Waals surface area contributed by atoms with E-state index in [0.717, 1.165) is 30.5 Å². The third kappa shape index (κ3) is 5.65. The Labute approximate surface area is 196 Å². The molecule has 1 amide bonds. The smallest absolute Gasteiger partial charge is 0.338 e. The van der Waals surface area contributed by atoms with Gasteiger partial charge in [0.1, 0.15) is 0 Å². The van der Waals surface area contributed by atoms with E-state index in [4.69, 9.17) is 4.74 Å². The highest BCUT2D eigenvalue weighted by Crippen LogP contribution is 2.24. The van der Waals surface area contributed by atoms with Crippen molar-refractivity contribution in [2.24, 2.45) is 0 Å². The van der Waals surface area contributed by atoms with E-state index in [0.29, 0.717) is 18.2 Å². The van der Waals surface area contributed by atoms with E-state index >= 15 is 0 Å². The van der Waals surface area contributed by atoms with Crippen molar-refractivity contribution in [2.75, 3.05) is 25.0 Å². The number of esters is 1. The fourth-order valence-corrected chi connectivity index (χ4v) is 5.71. The van der Waals surface area contributed by atoms with E-state index in [9.17, 15) is 18.0 Å². The molecule has 0 aliphatic carbocycles. The molecule has 0 bridgehead atoms. The van der Waals surface area contributed by atoms with Crippen molar-refractivity contribution in [3.8, 4) is 11.3 Å². The number of carbonyl (C=O) groups is 2. The first kappa shape index (κ1) is 23.1. The van der Waals surface area contributed by atoms with Gasteiger partial charge in [0.05, 0.1) is 16.2 Å². The van der Waals surface area contributed by atoms with Crippen LogP contribution in [0.2, 0.25) is 0 Å². The molecular formula is C23H23N3O5S2. The number of anilines is 1. The highest BCUT2D eigenvalue weighted by molar-refractivity contribution is 7.89. The van der Waals surface area contributed by atoms with Crippen molar-refractivity contribution < 1.29 is 22.7 Å².